The molecule has 0 aliphatic heterocycles. The van der Waals surface area contributed by atoms with Gasteiger partial charge in [-0.2, -0.15) is 0 Å². The van der Waals surface area contributed by atoms with Crippen LogP contribution in [0.25, 0.3) is 0 Å². The Morgan fingerprint density at radius 1 is 1.56 bits per heavy atom. The van der Waals surface area contributed by atoms with Gasteiger partial charge in [0.05, 0.1) is 0 Å². The second-order valence-electron chi connectivity index (χ2n) is 2.06. The minimum atomic E-state index is -1.11. The molecule has 0 heterocycles. The first-order chi connectivity index (χ1) is 4.25. The fraction of sp³-hybridized carbons (Fsp3) is 0.600. The van der Waals surface area contributed by atoms with E-state index >= 15 is 0 Å². The zero-order valence-electron chi connectivity index (χ0n) is 4.74. The number of nitrogens with zero attached hydrogens (tertiary/aromatic N) is 1. The van der Waals surface area contributed by atoms with Crippen molar-refractivity contribution in [2.24, 2.45) is 11.1 Å². The van der Waals surface area contributed by atoms with E-state index in [4.69, 9.17) is 10.3 Å². The number of aliphatic carboxylic acids is 1. The molecule has 0 aromatic heterocycles. The maximum absolute atomic E-state index is 10.1. The molecule has 4 heteroatoms. The molecule has 1 aliphatic carbocycles. The Kier molecular flexibility index (Phi) is 1.38. The predicted molar refractivity (Wildman–Crippen MR) is 29.6 cm³/mol. The van der Waals surface area contributed by atoms with Crippen molar-refractivity contribution >= 4 is 11.7 Å². The highest BCUT2D eigenvalue weighted by atomic mass is 16.4. The summed E-state index contributed by atoms with van der Waals surface area (Å²) in [6.07, 6.45) is 1.68. The summed E-state index contributed by atoms with van der Waals surface area (Å²) >= 11 is 0. The highest BCUT2D eigenvalue weighted by Gasteiger charge is 2.32. The molecule has 1 fully saturated rings. The molecular formula is C5H7NO3. The van der Waals surface area contributed by atoms with E-state index < -0.39 is 5.97 Å². The highest BCUT2D eigenvalue weighted by molar-refractivity contribution is 6.36. The van der Waals surface area contributed by atoms with Crippen molar-refractivity contribution in [3.63, 3.8) is 0 Å². The van der Waals surface area contributed by atoms with Crippen LogP contribution in [0.15, 0.2) is 5.16 Å². The van der Waals surface area contributed by atoms with Crippen LogP contribution in [0.3, 0.4) is 0 Å². The van der Waals surface area contributed by atoms with Gasteiger partial charge in [-0.3, -0.25) is 0 Å². The van der Waals surface area contributed by atoms with Gasteiger partial charge in [-0.15, -0.1) is 0 Å². The predicted octanol–water partition coefficient (Wildman–Crippen LogP) is 0.311. The van der Waals surface area contributed by atoms with Crippen LogP contribution in [0.1, 0.15) is 12.8 Å². The van der Waals surface area contributed by atoms with Crippen molar-refractivity contribution in [3.05, 3.63) is 0 Å². The third-order valence-corrected chi connectivity index (χ3v) is 1.29. The molecule has 1 saturated carbocycles. The van der Waals surface area contributed by atoms with E-state index in [0.29, 0.717) is 0 Å². The second kappa shape index (κ2) is 2.05. The summed E-state index contributed by atoms with van der Waals surface area (Å²) in [6.45, 7) is 0. The Hall–Kier alpha value is -1.06. The van der Waals surface area contributed by atoms with Gasteiger partial charge in [0, 0.05) is 5.92 Å². The van der Waals surface area contributed by atoms with E-state index in [0.717, 1.165) is 12.8 Å². The number of hydrogen-bond acceptors (Lipinski definition) is 3. The zero-order chi connectivity index (χ0) is 6.85. The lowest BCUT2D eigenvalue weighted by molar-refractivity contribution is -0.129. The average molecular weight is 129 g/mol. The number of carboxylic acids is 1. The number of hydrogen-bond donors (Lipinski definition) is 2. The lowest BCUT2D eigenvalue weighted by Crippen LogP contribution is -2.14. The van der Waals surface area contributed by atoms with Crippen LogP contribution in [0.2, 0.25) is 0 Å². The molecule has 1 rings (SSSR count). The van der Waals surface area contributed by atoms with Crippen LogP contribution in [-0.2, 0) is 4.79 Å². The van der Waals surface area contributed by atoms with E-state index in [2.05, 4.69) is 5.16 Å². The minimum absolute atomic E-state index is 0.00694. The van der Waals surface area contributed by atoms with Crippen LogP contribution in [0, 0.1) is 5.92 Å². The van der Waals surface area contributed by atoms with Gasteiger partial charge >= 0.3 is 5.97 Å². The fourth-order valence-corrected chi connectivity index (χ4v) is 0.656. The van der Waals surface area contributed by atoms with Gasteiger partial charge in [-0.1, -0.05) is 5.16 Å². The Bertz CT molecular complexity index is 160. The molecule has 0 saturated heterocycles. The van der Waals surface area contributed by atoms with Gasteiger partial charge in [0.2, 0.25) is 0 Å². The number of carbonyl (C=O) groups is 1. The topological polar surface area (TPSA) is 69.9 Å². The number of carboxylic acid groups (broad SMARTS) is 1. The third kappa shape index (κ3) is 1.19. The van der Waals surface area contributed by atoms with Crippen molar-refractivity contribution in [1.82, 2.24) is 0 Å². The Morgan fingerprint density at radius 2 is 2.11 bits per heavy atom. The molecule has 0 aromatic rings. The largest absolute Gasteiger partial charge is 0.477 e. The molecule has 9 heavy (non-hydrogen) atoms. The van der Waals surface area contributed by atoms with Gasteiger partial charge in [0.25, 0.3) is 0 Å². The van der Waals surface area contributed by atoms with Gasteiger partial charge in [0.1, 0.15) is 0 Å². The minimum Gasteiger partial charge on any atom is -0.477 e. The van der Waals surface area contributed by atoms with Gasteiger partial charge in [0.15, 0.2) is 5.71 Å². The quantitative estimate of drug-likeness (QED) is 0.320. The normalized spacial score (nSPS) is 19.8. The molecule has 0 amide bonds. The van der Waals surface area contributed by atoms with Crippen LogP contribution >= 0.6 is 0 Å². The molecule has 50 valence electrons. The summed E-state index contributed by atoms with van der Waals surface area (Å²) in [6, 6.07) is 0. The SMILES string of the molecule is O=C(O)C(=NO)C1CC1. The Morgan fingerprint density at radius 3 is 2.22 bits per heavy atom. The first-order valence-corrected chi connectivity index (χ1v) is 2.71. The summed E-state index contributed by atoms with van der Waals surface area (Å²) in [4.78, 5) is 10.1. The van der Waals surface area contributed by atoms with E-state index in [1.807, 2.05) is 0 Å². The van der Waals surface area contributed by atoms with Crippen molar-refractivity contribution in [1.29, 1.82) is 0 Å². The maximum atomic E-state index is 10.1. The zero-order valence-corrected chi connectivity index (χ0v) is 4.74. The molecule has 1 aliphatic rings. The van der Waals surface area contributed by atoms with E-state index in [1.165, 1.54) is 0 Å². The number of oxime groups is 1. The molecule has 2 N–H and O–H groups in total. The van der Waals surface area contributed by atoms with Crippen LogP contribution in [0.4, 0.5) is 0 Å². The molecule has 0 aromatic carbocycles. The van der Waals surface area contributed by atoms with Crippen molar-refractivity contribution in [2.45, 2.75) is 12.8 Å². The van der Waals surface area contributed by atoms with Gasteiger partial charge in [-0.25, -0.2) is 4.79 Å². The Balaban J connectivity index is 2.59. The average Bonchev–Trinajstić information content (AvgIpc) is 2.50. The molecule has 0 radical (unpaired) electrons. The molecule has 0 bridgehead atoms. The fourth-order valence-electron chi connectivity index (χ4n) is 0.656. The van der Waals surface area contributed by atoms with Crippen LogP contribution in [0.5, 0.6) is 0 Å². The lowest BCUT2D eigenvalue weighted by Gasteiger charge is -1.90. The number of rotatable bonds is 2. The van der Waals surface area contributed by atoms with Gasteiger partial charge < -0.3 is 10.3 Å². The molecular weight excluding hydrogens is 122 g/mol. The van der Waals surface area contributed by atoms with Crippen molar-refractivity contribution in [2.75, 3.05) is 0 Å². The maximum Gasteiger partial charge on any atom is 0.353 e. The molecule has 4 nitrogen and oxygen atoms in total. The van der Waals surface area contributed by atoms with Crippen molar-refractivity contribution in [3.8, 4) is 0 Å². The molecule has 0 unspecified atom stereocenters. The summed E-state index contributed by atoms with van der Waals surface area (Å²) < 4.78 is 0. The van der Waals surface area contributed by atoms with Gasteiger partial charge in [-0.05, 0) is 12.8 Å². The smallest absolute Gasteiger partial charge is 0.353 e. The first kappa shape index (κ1) is 6.07. The lowest BCUT2D eigenvalue weighted by atomic mass is 10.2. The molecule has 0 spiro atoms. The molecule has 0 atom stereocenters. The summed E-state index contributed by atoms with van der Waals surface area (Å²) in [5, 5.41) is 19.1. The highest BCUT2D eigenvalue weighted by Crippen LogP contribution is 2.30. The van der Waals surface area contributed by atoms with Crippen molar-refractivity contribution < 1.29 is 15.1 Å². The van der Waals surface area contributed by atoms with E-state index in [-0.39, 0.29) is 11.6 Å². The first-order valence-electron chi connectivity index (χ1n) is 2.71. The monoisotopic (exact) mass is 129 g/mol. The summed E-state index contributed by atoms with van der Waals surface area (Å²) in [7, 11) is 0. The van der Waals surface area contributed by atoms with Crippen LogP contribution in [-0.4, -0.2) is 22.0 Å². The third-order valence-electron chi connectivity index (χ3n) is 1.29. The summed E-state index contributed by atoms with van der Waals surface area (Å²) in [5.41, 5.74) is -0.102. The van der Waals surface area contributed by atoms with E-state index in [1.54, 1.807) is 0 Å². The standard InChI is InChI=1S/C5H7NO3/c7-5(8)4(6-9)3-1-2-3/h3,9H,1-2H2,(H,7,8). The van der Waals surface area contributed by atoms with Crippen LogP contribution < -0.4 is 0 Å². The summed E-state index contributed by atoms with van der Waals surface area (Å²) in [5.74, 6) is -1.10. The Labute approximate surface area is 51.8 Å². The second-order valence-corrected chi connectivity index (χ2v) is 2.06. The van der Waals surface area contributed by atoms with E-state index in [9.17, 15) is 4.79 Å².